The van der Waals surface area contributed by atoms with Crippen molar-refractivity contribution in [1.82, 2.24) is 4.98 Å². The number of aromatic nitrogens is 1. The topological polar surface area (TPSA) is 59.1 Å². The smallest absolute Gasteiger partial charge is 0.263 e. The molecule has 1 aromatic heterocycles. The Hall–Kier alpha value is -1.66. The Morgan fingerprint density at radius 2 is 1.78 bits per heavy atom. The molecule has 0 radical (unpaired) electrons. The van der Waals surface area contributed by atoms with Crippen LogP contribution in [0.1, 0.15) is 0 Å². The molecule has 18 heavy (non-hydrogen) atoms. The van der Waals surface area contributed by atoms with Gasteiger partial charge in [0.2, 0.25) is 0 Å². The Kier molecular flexibility index (Phi) is 3.49. The zero-order valence-electron chi connectivity index (χ0n) is 8.97. The summed E-state index contributed by atoms with van der Waals surface area (Å²) in [7, 11) is -3.78. The first-order chi connectivity index (χ1) is 8.47. The van der Waals surface area contributed by atoms with Gasteiger partial charge in [-0.15, -0.1) is 0 Å². The summed E-state index contributed by atoms with van der Waals surface area (Å²) in [5.41, 5.74) is 0. The maximum atomic E-state index is 12.7. The van der Waals surface area contributed by atoms with E-state index in [0.29, 0.717) is 0 Å². The first-order valence-electron chi connectivity index (χ1n) is 4.88. The number of anilines is 1. The van der Waals surface area contributed by atoms with Gasteiger partial charge in [-0.2, -0.15) is 0 Å². The number of nitrogens with zero attached hydrogens (tertiary/aromatic N) is 1. The fourth-order valence-electron chi connectivity index (χ4n) is 1.28. The molecule has 2 rings (SSSR count). The molecule has 1 heterocycles. The van der Waals surface area contributed by atoms with Gasteiger partial charge in [0.15, 0.2) is 0 Å². The predicted molar refractivity (Wildman–Crippen MR) is 66.5 cm³/mol. The van der Waals surface area contributed by atoms with Crippen LogP contribution in [-0.4, -0.2) is 13.4 Å². The lowest BCUT2D eigenvalue weighted by molar-refractivity contribution is 0.599. The van der Waals surface area contributed by atoms with Crippen LogP contribution >= 0.6 is 11.6 Å². The summed E-state index contributed by atoms with van der Waals surface area (Å²) in [6, 6.07) is 9.03. The van der Waals surface area contributed by atoms with Crippen LogP contribution in [0, 0.1) is 5.82 Å². The second-order valence-electron chi connectivity index (χ2n) is 3.40. The predicted octanol–water partition coefficient (Wildman–Crippen LogP) is 2.67. The first kappa shape index (κ1) is 12.8. The second-order valence-corrected chi connectivity index (χ2v) is 5.47. The van der Waals surface area contributed by atoms with Gasteiger partial charge in [-0.1, -0.05) is 17.7 Å². The van der Waals surface area contributed by atoms with Crippen molar-refractivity contribution in [3.05, 3.63) is 53.4 Å². The minimum atomic E-state index is -3.78. The molecule has 0 unspecified atom stereocenters. The van der Waals surface area contributed by atoms with Crippen molar-refractivity contribution < 1.29 is 12.8 Å². The molecular formula is C11H8ClFN2O2S. The highest BCUT2D eigenvalue weighted by molar-refractivity contribution is 7.92. The van der Waals surface area contributed by atoms with Crippen molar-refractivity contribution in [2.75, 3.05) is 4.72 Å². The fourth-order valence-corrected chi connectivity index (χ4v) is 2.44. The standard InChI is InChI=1S/C11H8ClFN2O2S/c12-10-2-1-3-11(14-10)15-18(16,17)9-6-4-8(13)5-7-9/h1-7H,(H,14,15). The number of sulfonamides is 1. The van der Waals surface area contributed by atoms with Crippen molar-refractivity contribution in [3.63, 3.8) is 0 Å². The summed E-state index contributed by atoms with van der Waals surface area (Å²) in [5.74, 6) is -0.401. The number of hydrogen-bond acceptors (Lipinski definition) is 3. The molecule has 0 atom stereocenters. The monoisotopic (exact) mass is 286 g/mol. The average Bonchev–Trinajstić information content (AvgIpc) is 2.29. The van der Waals surface area contributed by atoms with E-state index in [1.165, 1.54) is 24.3 Å². The maximum absolute atomic E-state index is 12.7. The maximum Gasteiger partial charge on any atom is 0.263 e. The van der Waals surface area contributed by atoms with E-state index in [1.54, 1.807) is 6.07 Å². The van der Waals surface area contributed by atoms with Crippen molar-refractivity contribution in [2.45, 2.75) is 4.90 Å². The van der Waals surface area contributed by atoms with Crippen LogP contribution in [0.4, 0.5) is 10.2 Å². The average molecular weight is 287 g/mol. The van der Waals surface area contributed by atoms with Crippen molar-refractivity contribution in [2.24, 2.45) is 0 Å². The van der Waals surface area contributed by atoms with E-state index in [9.17, 15) is 12.8 Å². The minimum absolute atomic E-state index is 0.0503. The van der Waals surface area contributed by atoms with Gasteiger partial charge >= 0.3 is 0 Å². The zero-order valence-corrected chi connectivity index (χ0v) is 10.5. The summed E-state index contributed by atoms with van der Waals surface area (Å²) >= 11 is 5.64. The van der Waals surface area contributed by atoms with Crippen LogP contribution < -0.4 is 4.72 Å². The van der Waals surface area contributed by atoms with E-state index >= 15 is 0 Å². The normalized spacial score (nSPS) is 11.2. The van der Waals surface area contributed by atoms with E-state index in [0.717, 1.165) is 12.1 Å². The highest BCUT2D eigenvalue weighted by atomic mass is 35.5. The molecule has 1 aromatic carbocycles. The molecule has 0 aliphatic heterocycles. The Bertz CT molecular complexity index is 659. The van der Waals surface area contributed by atoms with E-state index in [-0.39, 0.29) is 15.9 Å². The number of hydrogen-bond donors (Lipinski definition) is 1. The number of rotatable bonds is 3. The summed E-state index contributed by atoms with van der Waals surface area (Å²) in [5, 5.41) is 0.175. The zero-order chi connectivity index (χ0) is 13.2. The van der Waals surface area contributed by atoms with Crippen molar-refractivity contribution in [3.8, 4) is 0 Å². The van der Waals surface area contributed by atoms with Crippen molar-refractivity contribution >= 4 is 27.4 Å². The Morgan fingerprint density at radius 1 is 1.11 bits per heavy atom. The third-order valence-corrected chi connectivity index (χ3v) is 3.66. The fraction of sp³-hybridized carbons (Fsp3) is 0. The molecule has 94 valence electrons. The Morgan fingerprint density at radius 3 is 2.39 bits per heavy atom. The highest BCUT2D eigenvalue weighted by Crippen LogP contribution is 2.16. The molecule has 7 heteroatoms. The SMILES string of the molecule is O=S(=O)(Nc1cccc(Cl)n1)c1ccc(F)cc1. The lowest BCUT2D eigenvalue weighted by Crippen LogP contribution is -2.13. The van der Waals surface area contributed by atoms with E-state index in [4.69, 9.17) is 11.6 Å². The summed E-state index contributed by atoms with van der Waals surface area (Å²) < 4.78 is 38.8. The highest BCUT2D eigenvalue weighted by Gasteiger charge is 2.14. The van der Waals surface area contributed by atoms with E-state index in [1.807, 2.05) is 0 Å². The van der Waals surface area contributed by atoms with E-state index in [2.05, 4.69) is 9.71 Å². The van der Waals surface area contributed by atoms with Crippen LogP contribution in [0.2, 0.25) is 5.15 Å². The largest absolute Gasteiger partial charge is 0.263 e. The van der Waals surface area contributed by atoms with E-state index < -0.39 is 15.8 Å². The molecule has 0 saturated carbocycles. The molecule has 1 N–H and O–H groups in total. The third kappa shape index (κ3) is 2.96. The molecule has 0 aliphatic carbocycles. The summed E-state index contributed by atoms with van der Waals surface area (Å²) in [6.45, 7) is 0. The summed E-state index contributed by atoms with van der Waals surface area (Å²) in [6.07, 6.45) is 0. The van der Waals surface area contributed by atoms with Crippen LogP contribution in [-0.2, 0) is 10.0 Å². The molecular weight excluding hydrogens is 279 g/mol. The lowest BCUT2D eigenvalue weighted by Gasteiger charge is -2.07. The Balaban J connectivity index is 2.30. The van der Waals surface area contributed by atoms with Crippen molar-refractivity contribution in [1.29, 1.82) is 0 Å². The van der Waals surface area contributed by atoms with Crippen LogP contribution in [0.5, 0.6) is 0 Å². The molecule has 0 aliphatic rings. The second kappa shape index (κ2) is 4.91. The van der Waals surface area contributed by atoms with Gasteiger partial charge < -0.3 is 0 Å². The van der Waals surface area contributed by atoms with Gasteiger partial charge in [0, 0.05) is 0 Å². The third-order valence-electron chi connectivity index (χ3n) is 2.08. The summed E-state index contributed by atoms with van der Waals surface area (Å²) in [4.78, 5) is 3.75. The minimum Gasteiger partial charge on any atom is -0.263 e. The van der Waals surface area contributed by atoms with Gasteiger partial charge in [-0.05, 0) is 36.4 Å². The molecule has 0 bridgehead atoms. The van der Waals surface area contributed by atoms with Gasteiger partial charge in [0.25, 0.3) is 10.0 Å². The molecule has 4 nitrogen and oxygen atoms in total. The van der Waals surface area contributed by atoms with Crippen LogP contribution in [0.25, 0.3) is 0 Å². The van der Waals surface area contributed by atoms with Gasteiger partial charge in [0.1, 0.15) is 16.8 Å². The number of pyridine rings is 1. The van der Waals surface area contributed by atoms with Crippen LogP contribution in [0.15, 0.2) is 47.4 Å². The molecule has 0 fully saturated rings. The lowest BCUT2D eigenvalue weighted by atomic mass is 10.4. The number of nitrogens with one attached hydrogen (secondary N) is 1. The molecule has 0 saturated heterocycles. The first-order valence-corrected chi connectivity index (χ1v) is 6.74. The number of halogens is 2. The Labute approximate surface area is 108 Å². The van der Waals surface area contributed by atoms with Gasteiger partial charge in [-0.3, -0.25) is 4.72 Å². The molecule has 2 aromatic rings. The quantitative estimate of drug-likeness (QED) is 0.883. The number of benzene rings is 1. The van der Waals surface area contributed by atoms with Crippen LogP contribution in [0.3, 0.4) is 0 Å². The molecule has 0 amide bonds. The van der Waals surface area contributed by atoms with Gasteiger partial charge in [0.05, 0.1) is 4.90 Å². The van der Waals surface area contributed by atoms with Gasteiger partial charge in [-0.25, -0.2) is 17.8 Å². The molecule has 0 spiro atoms.